The van der Waals surface area contributed by atoms with Gasteiger partial charge < -0.3 is 14.6 Å². The van der Waals surface area contributed by atoms with Crippen molar-refractivity contribution in [2.24, 2.45) is 0 Å². The van der Waals surface area contributed by atoms with Gasteiger partial charge in [-0.15, -0.1) is 0 Å². The summed E-state index contributed by atoms with van der Waals surface area (Å²) in [6.45, 7) is -0.653. The number of aliphatic hydroxyl groups excluding tert-OH is 1. The Morgan fingerprint density at radius 1 is 1.29 bits per heavy atom. The van der Waals surface area contributed by atoms with Crippen molar-refractivity contribution in [3.05, 3.63) is 40.8 Å². The second-order valence-electron chi connectivity index (χ2n) is 4.16. The Bertz CT molecular complexity index is 840. The zero-order valence-corrected chi connectivity index (χ0v) is 11.3. The number of hydrogen-bond acceptors (Lipinski definition) is 6. The number of fused-ring (bicyclic) bond motifs is 1. The maximum atomic E-state index is 12.0. The van der Waals surface area contributed by atoms with E-state index in [4.69, 9.17) is 14.6 Å². The van der Waals surface area contributed by atoms with Crippen LogP contribution in [0.2, 0.25) is 0 Å². The van der Waals surface area contributed by atoms with E-state index in [0.29, 0.717) is 5.39 Å². The molecule has 1 aromatic heterocycles. The standard InChI is InChI=1S/C12H11NO7S/c14-9(12(16)17)6-13-21(18,19)8-2-3-10-7(5-8)1-4-11(15)20-10/h1-5,9,13-14H,6H2,(H,16,17). The number of benzene rings is 1. The summed E-state index contributed by atoms with van der Waals surface area (Å²) in [4.78, 5) is 21.3. The van der Waals surface area contributed by atoms with Gasteiger partial charge in [0.25, 0.3) is 0 Å². The minimum Gasteiger partial charge on any atom is -0.479 e. The number of carboxylic acid groups (broad SMARTS) is 1. The Kier molecular flexibility index (Phi) is 4.07. The average molecular weight is 313 g/mol. The predicted molar refractivity (Wildman–Crippen MR) is 71.3 cm³/mol. The quantitative estimate of drug-likeness (QED) is 0.634. The first-order chi connectivity index (χ1) is 9.79. The summed E-state index contributed by atoms with van der Waals surface area (Å²) in [5.41, 5.74) is -0.326. The highest BCUT2D eigenvalue weighted by molar-refractivity contribution is 7.89. The molecule has 8 nitrogen and oxygen atoms in total. The molecule has 0 aliphatic heterocycles. The van der Waals surface area contributed by atoms with E-state index < -0.39 is 34.3 Å². The molecule has 0 radical (unpaired) electrons. The number of aliphatic hydroxyl groups is 1. The lowest BCUT2D eigenvalue weighted by Crippen LogP contribution is -2.36. The van der Waals surface area contributed by atoms with E-state index in [9.17, 15) is 18.0 Å². The molecular weight excluding hydrogens is 302 g/mol. The zero-order chi connectivity index (χ0) is 15.6. The van der Waals surface area contributed by atoms with Crippen molar-refractivity contribution in [3.63, 3.8) is 0 Å². The van der Waals surface area contributed by atoms with Gasteiger partial charge in [0.05, 0.1) is 4.90 Å². The summed E-state index contributed by atoms with van der Waals surface area (Å²) in [6, 6.07) is 6.36. The topological polar surface area (TPSA) is 134 Å². The van der Waals surface area contributed by atoms with Crippen molar-refractivity contribution in [3.8, 4) is 0 Å². The highest BCUT2D eigenvalue weighted by Gasteiger charge is 2.19. The van der Waals surface area contributed by atoms with Gasteiger partial charge in [-0.2, -0.15) is 0 Å². The van der Waals surface area contributed by atoms with Gasteiger partial charge in [0.1, 0.15) is 5.58 Å². The largest absolute Gasteiger partial charge is 0.479 e. The molecule has 21 heavy (non-hydrogen) atoms. The van der Waals surface area contributed by atoms with E-state index in [0.717, 1.165) is 6.07 Å². The van der Waals surface area contributed by atoms with Crippen LogP contribution < -0.4 is 10.3 Å². The molecule has 0 aliphatic rings. The molecular formula is C12H11NO7S. The van der Waals surface area contributed by atoms with E-state index >= 15 is 0 Å². The van der Waals surface area contributed by atoms with Crippen molar-refractivity contribution in [2.75, 3.05) is 6.54 Å². The fraction of sp³-hybridized carbons (Fsp3) is 0.167. The third-order valence-corrected chi connectivity index (χ3v) is 4.07. The van der Waals surface area contributed by atoms with Crippen LogP contribution in [-0.2, 0) is 14.8 Å². The highest BCUT2D eigenvalue weighted by atomic mass is 32.2. The smallest absolute Gasteiger partial charge is 0.336 e. The van der Waals surface area contributed by atoms with Crippen molar-refractivity contribution < 1.29 is 27.8 Å². The minimum absolute atomic E-state index is 0.138. The third-order valence-electron chi connectivity index (χ3n) is 2.65. The van der Waals surface area contributed by atoms with Crippen LogP contribution in [0.1, 0.15) is 0 Å². The molecule has 112 valence electrons. The molecule has 0 spiro atoms. The summed E-state index contributed by atoms with van der Waals surface area (Å²) in [5.74, 6) is -1.53. The van der Waals surface area contributed by atoms with E-state index in [-0.39, 0.29) is 10.5 Å². The lowest BCUT2D eigenvalue weighted by molar-refractivity contribution is -0.146. The molecule has 2 aromatic rings. The molecule has 1 atom stereocenters. The number of sulfonamides is 1. The van der Waals surface area contributed by atoms with Gasteiger partial charge in [-0.25, -0.2) is 22.7 Å². The Balaban J connectivity index is 2.30. The molecule has 1 unspecified atom stereocenters. The fourth-order valence-electron chi connectivity index (χ4n) is 1.58. The van der Waals surface area contributed by atoms with E-state index in [2.05, 4.69) is 0 Å². The minimum atomic E-state index is -3.98. The Hall–Kier alpha value is -2.23. The molecule has 0 saturated carbocycles. The molecule has 3 N–H and O–H groups in total. The first kappa shape index (κ1) is 15.2. The number of carboxylic acids is 1. The number of hydrogen-bond donors (Lipinski definition) is 3. The first-order valence-corrected chi connectivity index (χ1v) is 7.22. The lowest BCUT2D eigenvalue weighted by atomic mass is 10.2. The van der Waals surface area contributed by atoms with Crippen LogP contribution in [0.15, 0.2) is 44.4 Å². The highest BCUT2D eigenvalue weighted by Crippen LogP contribution is 2.17. The summed E-state index contributed by atoms with van der Waals surface area (Å²) in [7, 11) is -3.98. The summed E-state index contributed by atoms with van der Waals surface area (Å²) < 4.78 is 30.8. The Morgan fingerprint density at radius 3 is 2.67 bits per heavy atom. The van der Waals surface area contributed by atoms with Crippen molar-refractivity contribution in [2.45, 2.75) is 11.0 Å². The molecule has 0 bridgehead atoms. The molecule has 0 saturated heterocycles. The molecule has 9 heteroatoms. The van der Waals surface area contributed by atoms with E-state index in [1.54, 1.807) is 0 Å². The normalized spacial score (nSPS) is 13.2. The van der Waals surface area contributed by atoms with Crippen LogP contribution in [-0.4, -0.2) is 37.2 Å². The van der Waals surface area contributed by atoms with Crippen molar-refractivity contribution >= 4 is 27.0 Å². The number of nitrogens with one attached hydrogen (secondary N) is 1. The summed E-state index contributed by atoms with van der Waals surface area (Å²) >= 11 is 0. The van der Waals surface area contributed by atoms with Gasteiger partial charge in [0.2, 0.25) is 10.0 Å². The van der Waals surface area contributed by atoms with Crippen LogP contribution in [0.25, 0.3) is 11.0 Å². The van der Waals surface area contributed by atoms with Crippen LogP contribution in [0.4, 0.5) is 0 Å². The molecule has 1 aromatic carbocycles. The van der Waals surface area contributed by atoms with E-state index in [1.165, 1.54) is 24.3 Å². The maximum Gasteiger partial charge on any atom is 0.336 e. The van der Waals surface area contributed by atoms with Gasteiger partial charge in [-0.3, -0.25) is 0 Å². The van der Waals surface area contributed by atoms with Gasteiger partial charge in [0, 0.05) is 18.0 Å². The summed E-state index contributed by atoms with van der Waals surface area (Å²) in [6.07, 6.45) is -1.83. The summed E-state index contributed by atoms with van der Waals surface area (Å²) in [5, 5.41) is 18.0. The fourth-order valence-corrected chi connectivity index (χ4v) is 2.65. The Morgan fingerprint density at radius 2 is 2.00 bits per heavy atom. The Labute approximate surface area is 118 Å². The SMILES string of the molecule is O=C(O)C(O)CNS(=O)(=O)c1ccc2oc(=O)ccc2c1. The second kappa shape index (κ2) is 5.64. The number of rotatable bonds is 5. The maximum absolute atomic E-state index is 12.0. The second-order valence-corrected chi connectivity index (χ2v) is 5.93. The number of carbonyl (C=O) groups is 1. The lowest BCUT2D eigenvalue weighted by Gasteiger charge is -2.09. The predicted octanol–water partition coefficient (Wildman–Crippen LogP) is -0.483. The molecule has 1 heterocycles. The van der Waals surface area contributed by atoms with Crippen LogP contribution >= 0.6 is 0 Å². The van der Waals surface area contributed by atoms with Gasteiger partial charge in [-0.05, 0) is 24.3 Å². The molecule has 0 amide bonds. The molecule has 0 aliphatic carbocycles. The third kappa shape index (κ3) is 3.45. The number of aliphatic carboxylic acids is 1. The van der Waals surface area contributed by atoms with Crippen molar-refractivity contribution in [1.29, 1.82) is 0 Å². The van der Waals surface area contributed by atoms with Gasteiger partial charge in [0.15, 0.2) is 6.10 Å². The zero-order valence-electron chi connectivity index (χ0n) is 10.5. The van der Waals surface area contributed by atoms with Crippen LogP contribution in [0.5, 0.6) is 0 Å². The molecule has 0 fully saturated rings. The molecule has 2 rings (SSSR count). The van der Waals surface area contributed by atoms with Crippen molar-refractivity contribution in [1.82, 2.24) is 4.72 Å². The first-order valence-electron chi connectivity index (χ1n) is 5.74. The van der Waals surface area contributed by atoms with Crippen LogP contribution in [0.3, 0.4) is 0 Å². The van der Waals surface area contributed by atoms with Gasteiger partial charge in [-0.1, -0.05) is 0 Å². The van der Waals surface area contributed by atoms with E-state index in [1.807, 2.05) is 4.72 Å². The average Bonchev–Trinajstić information content (AvgIpc) is 2.44. The van der Waals surface area contributed by atoms with Gasteiger partial charge >= 0.3 is 11.6 Å². The monoisotopic (exact) mass is 313 g/mol. The van der Waals surface area contributed by atoms with Crippen LogP contribution in [0, 0.1) is 0 Å².